The van der Waals surface area contributed by atoms with Gasteiger partial charge < -0.3 is 14.4 Å². The lowest BCUT2D eigenvalue weighted by Crippen LogP contribution is -2.48. The average Bonchev–Trinajstić information content (AvgIpc) is 3.41. The summed E-state index contributed by atoms with van der Waals surface area (Å²) in [6.07, 6.45) is 1.67. The number of ether oxygens (including phenoxy) is 2. The van der Waals surface area contributed by atoms with Crippen LogP contribution in [0.2, 0.25) is 0 Å². The fourth-order valence-corrected chi connectivity index (χ4v) is 7.03. The summed E-state index contributed by atoms with van der Waals surface area (Å²) in [5, 5.41) is 0. The van der Waals surface area contributed by atoms with Crippen molar-refractivity contribution in [1.29, 1.82) is 0 Å². The third-order valence-corrected chi connectivity index (χ3v) is 10.1. The molecule has 2 saturated heterocycles. The van der Waals surface area contributed by atoms with Crippen LogP contribution in [0.25, 0.3) is 0 Å². The summed E-state index contributed by atoms with van der Waals surface area (Å²) < 4.78 is 67.3. The number of hydrogen-bond donors (Lipinski definition) is 1. The van der Waals surface area contributed by atoms with Crippen molar-refractivity contribution in [3.63, 3.8) is 0 Å². The van der Waals surface area contributed by atoms with Crippen LogP contribution in [0, 0.1) is 0 Å². The first-order valence-corrected chi connectivity index (χ1v) is 15.2. The smallest absolute Gasteiger partial charge is 0.243 e. The molecule has 0 unspecified atom stereocenters. The summed E-state index contributed by atoms with van der Waals surface area (Å²) in [6, 6.07) is 11.8. The van der Waals surface area contributed by atoms with E-state index in [4.69, 9.17) is 9.47 Å². The van der Waals surface area contributed by atoms with Gasteiger partial charge in [-0.05, 0) is 54.7 Å². The van der Waals surface area contributed by atoms with Crippen LogP contribution in [0.15, 0.2) is 52.3 Å². The van der Waals surface area contributed by atoms with Gasteiger partial charge in [-0.15, -0.1) is 0 Å². The Morgan fingerprint density at radius 1 is 1.00 bits per heavy atom. The number of anilines is 1. The lowest BCUT2D eigenvalue weighted by molar-refractivity contribution is 0.114. The highest BCUT2D eigenvalue weighted by Gasteiger charge is 2.30. The van der Waals surface area contributed by atoms with Gasteiger partial charge in [-0.1, -0.05) is 26.0 Å². The van der Waals surface area contributed by atoms with Crippen molar-refractivity contribution in [2.75, 3.05) is 51.3 Å². The minimum Gasteiger partial charge on any atom is -0.495 e. The van der Waals surface area contributed by atoms with E-state index in [1.54, 1.807) is 24.3 Å². The molecule has 0 amide bonds. The lowest BCUT2D eigenvalue weighted by Gasteiger charge is -2.36. The molecule has 0 aromatic heterocycles. The molecule has 2 aromatic carbocycles. The molecule has 2 fully saturated rings. The minimum absolute atomic E-state index is 0.103. The molecule has 198 valence electrons. The van der Waals surface area contributed by atoms with E-state index in [0.717, 1.165) is 18.4 Å². The molecule has 2 heterocycles. The zero-order valence-corrected chi connectivity index (χ0v) is 22.6. The molecule has 1 atom stereocenters. The fourth-order valence-electron chi connectivity index (χ4n) is 4.52. The number of nitrogens with zero attached hydrogens (tertiary/aromatic N) is 2. The lowest BCUT2D eigenvalue weighted by atomic mass is 10.0. The van der Waals surface area contributed by atoms with Gasteiger partial charge >= 0.3 is 0 Å². The molecule has 0 saturated carbocycles. The first-order valence-electron chi connectivity index (χ1n) is 12.3. The number of sulfonamides is 2. The van der Waals surface area contributed by atoms with Crippen molar-refractivity contribution in [2.45, 2.75) is 48.5 Å². The van der Waals surface area contributed by atoms with E-state index in [9.17, 15) is 16.8 Å². The Kier molecular flexibility index (Phi) is 8.25. The first kappa shape index (κ1) is 26.9. The van der Waals surface area contributed by atoms with Gasteiger partial charge in [0.2, 0.25) is 20.0 Å². The van der Waals surface area contributed by atoms with E-state index in [-0.39, 0.29) is 35.5 Å². The number of rotatable bonds is 9. The standard InChI is InChI=1S/C25H35N3O6S2/c1-19(2)20-6-8-22(9-7-20)36(31,32)28-14-12-27(13-15-28)24-17-23(10-11-25(24)33-3)35(29,30)26-18-21-5-4-16-34-21/h6-11,17,19,21,26H,4-5,12-16,18H2,1-3H3/t21-/m1/s1. The SMILES string of the molecule is COc1ccc(S(=O)(=O)NC[C@H]2CCCO2)cc1N1CCN(S(=O)(=O)c2ccc(C(C)C)cc2)CC1. The van der Waals surface area contributed by atoms with Crippen LogP contribution in [0.1, 0.15) is 38.2 Å². The van der Waals surface area contributed by atoms with Crippen LogP contribution in [-0.2, 0) is 24.8 Å². The number of methoxy groups -OCH3 is 1. The molecule has 0 aliphatic carbocycles. The highest BCUT2D eigenvalue weighted by molar-refractivity contribution is 7.89. The Morgan fingerprint density at radius 3 is 2.25 bits per heavy atom. The van der Waals surface area contributed by atoms with Gasteiger partial charge in [-0.25, -0.2) is 21.6 Å². The molecular formula is C25H35N3O6S2. The van der Waals surface area contributed by atoms with Crippen molar-refractivity contribution < 1.29 is 26.3 Å². The number of piperazine rings is 1. The van der Waals surface area contributed by atoms with E-state index >= 15 is 0 Å². The largest absolute Gasteiger partial charge is 0.495 e. The highest BCUT2D eigenvalue weighted by atomic mass is 32.2. The molecular weight excluding hydrogens is 502 g/mol. The Labute approximate surface area is 214 Å². The summed E-state index contributed by atoms with van der Waals surface area (Å²) in [6.45, 7) is 6.41. The second-order valence-electron chi connectivity index (χ2n) is 9.44. The summed E-state index contributed by atoms with van der Waals surface area (Å²) in [7, 11) is -5.82. The van der Waals surface area contributed by atoms with E-state index in [1.165, 1.54) is 17.5 Å². The topological polar surface area (TPSA) is 105 Å². The van der Waals surface area contributed by atoms with Gasteiger partial charge in [-0.2, -0.15) is 4.31 Å². The molecule has 1 N–H and O–H groups in total. The molecule has 4 rings (SSSR count). The maximum Gasteiger partial charge on any atom is 0.243 e. The Morgan fingerprint density at radius 2 is 1.67 bits per heavy atom. The molecule has 0 spiro atoms. The van der Waals surface area contributed by atoms with Crippen molar-refractivity contribution >= 4 is 25.7 Å². The predicted molar refractivity (Wildman–Crippen MR) is 139 cm³/mol. The van der Waals surface area contributed by atoms with Crippen molar-refractivity contribution in [3.05, 3.63) is 48.0 Å². The normalized spacial score (nSPS) is 19.7. The van der Waals surface area contributed by atoms with Crippen LogP contribution in [0.5, 0.6) is 5.75 Å². The molecule has 0 bridgehead atoms. The van der Waals surface area contributed by atoms with Crippen LogP contribution in [0.4, 0.5) is 5.69 Å². The maximum atomic E-state index is 13.2. The average molecular weight is 538 g/mol. The summed E-state index contributed by atoms with van der Waals surface area (Å²) in [5.74, 6) is 0.861. The van der Waals surface area contributed by atoms with Crippen LogP contribution in [0.3, 0.4) is 0 Å². The van der Waals surface area contributed by atoms with Crippen LogP contribution >= 0.6 is 0 Å². The van der Waals surface area contributed by atoms with Crippen molar-refractivity contribution in [3.8, 4) is 5.75 Å². The first-order chi connectivity index (χ1) is 17.1. The second kappa shape index (κ2) is 11.1. The second-order valence-corrected chi connectivity index (χ2v) is 13.1. The Balaban J connectivity index is 1.47. The summed E-state index contributed by atoms with van der Waals surface area (Å²) >= 11 is 0. The predicted octanol–water partition coefficient (Wildman–Crippen LogP) is 2.79. The van der Waals surface area contributed by atoms with Gasteiger partial charge in [0.1, 0.15) is 5.75 Å². The Hall–Kier alpha value is -2.18. The highest BCUT2D eigenvalue weighted by Crippen LogP contribution is 2.32. The monoisotopic (exact) mass is 537 g/mol. The van der Waals surface area contributed by atoms with Crippen LogP contribution in [-0.4, -0.2) is 73.7 Å². The number of hydrogen-bond acceptors (Lipinski definition) is 7. The fraction of sp³-hybridized carbons (Fsp3) is 0.520. The van der Waals surface area contributed by atoms with Gasteiger partial charge in [0.25, 0.3) is 0 Å². The number of nitrogens with one attached hydrogen (secondary N) is 1. The molecule has 11 heteroatoms. The zero-order valence-electron chi connectivity index (χ0n) is 21.0. The van der Waals surface area contributed by atoms with Crippen LogP contribution < -0.4 is 14.4 Å². The molecule has 9 nitrogen and oxygen atoms in total. The quantitative estimate of drug-likeness (QED) is 0.524. The van der Waals surface area contributed by atoms with E-state index in [1.807, 2.05) is 17.0 Å². The summed E-state index contributed by atoms with van der Waals surface area (Å²) in [4.78, 5) is 2.38. The zero-order chi connectivity index (χ0) is 25.9. The van der Waals surface area contributed by atoms with Gasteiger partial charge in [-0.3, -0.25) is 0 Å². The van der Waals surface area contributed by atoms with E-state index < -0.39 is 20.0 Å². The minimum atomic E-state index is -3.73. The molecule has 2 aliphatic rings. The van der Waals surface area contributed by atoms with E-state index in [0.29, 0.717) is 37.1 Å². The van der Waals surface area contributed by atoms with Gasteiger partial charge in [0.15, 0.2) is 0 Å². The maximum absolute atomic E-state index is 13.2. The molecule has 0 radical (unpaired) electrons. The van der Waals surface area contributed by atoms with Gasteiger partial charge in [0, 0.05) is 39.3 Å². The molecule has 36 heavy (non-hydrogen) atoms. The number of benzene rings is 2. The Bertz CT molecular complexity index is 1250. The van der Waals surface area contributed by atoms with E-state index in [2.05, 4.69) is 18.6 Å². The van der Waals surface area contributed by atoms with Crippen molar-refractivity contribution in [2.24, 2.45) is 0 Å². The summed E-state index contributed by atoms with van der Waals surface area (Å²) in [5.41, 5.74) is 1.71. The third kappa shape index (κ3) is 5.86. The third-order valence-electron chi connectivity index (χ3n) is 6.75. The molecule has 2 aromatic rings. The molecule has 2 aliphatic heterocycles. The van der Waals surface area contributed by atoms with Crippen molar-refractivity contribution in [1.82, 2.24) is 9.03 Å². The van der Waals surface area contributed by atoms with Gasteiger partial charge in [0.05, 0.1) is 28.7 Å².